The van der Waals surface area contributed by atoms with Crippen molar-refractivity contribution in [3.8, 4) is 0 Å². The van der Waals surface area contributed by atoms with Gasteiger partial charge in [-0.25, -0.2) is 0 Å². The minimum atomic E-state index is -0.628. The number of ether oxygens (including phenoxy) is 1. The van der Waals surface area contributed by atoms with Crippen molar-refractivity contribution in [2.24, 2.45) is 10.2 Å². The Morgan fingerprint density at radius 1 is 0.882 bits per heavy atom. The van der Waals surface area contributed by atoms with Crippen LogP contribution >= 0.6 is 0 Å². The fourth-order valence-corrected chi connectivity index (χ4v) is 4.13. The van der Waals surface area contributed by atoms with Crippen LogP contribution in [0.2, 0.25) is 0 Å². The molecule has 8 heteroatoms. The molecule has 0 spiro atoms. The number of rotatable bonds is 8. The number of amides is 2. The van der Waals surface area contributed by atoms with E-state index in [0.29, 0.717) is 33.3 Å². The molecule has 34 heavy (non-hydrogen) atoms. The maximum atomic E-state index is 13.0. The minimum Gasteiger partial charge on any atom is -0.465 e. The molecule has 0 fully saturated rings. The van der Waals surface area contributed by atoms with Gasteiger partial charge in [0.15, 0.2) is 0 Å². The standard InChI is InChI=1S/C26H26N4O4/c1-4-29(5-2)18-12-10-17(11-13-18)27-28-22-15-14-21-24-19(22)8-7-9-20(24)25(32)30(26(21)33)16-23(31)34-6-3/h7-15H,4-6,16H2,1-3H3. The summed E-state index contributed by atoms with van der Waals surface area (Å²) in [5, 5.41) is 9.93. The molecule has 0 atom stereocenters. The second-order valence-electron chi connectivity index (χ2n) is 7.75. The predicted molar refractivity (Wildman–Crippen MR) is 130 cm³/mol. The molecule has 0 aromatic heterocycles. The van der Waals surface area contributed by atoms with Crippen LogP contribution in [0.15, 0.2) is 64.8 Å². The largest absolute Gasteiger partial charge is 0.465 e. The lowest BCUT2D eigenvalue weighted by molar-refractivity contribution is -0.143. The van der Waals surface area contributed by atoms with Crippen molar-refractivity contribution in [1.29, 1.82) is 0 Å². The Morgan fingerprint density at radius 3 is 2.21 bits per heavy atom. The summed E-state index contributed by atoms with van der Waals surface area (Å²) in [5.74, 6) is -1.69. The molecule has 0 saturated heterocycles. The highest BCUT2D eigenvalue weighted by Crippen LogP contribution is 2.36. The van der Waals surface area contributed by atoms with Crippen molar-refractivity contribution in [2.75, 3.05) is 31.1 Å². The molecule has 0 radical (unpaired) electrons. The van der Waals surface area contributed by atoms with Crippen LogP contribution < -0.4 is 4.90 Å². The Hall–Kier alpha value is -4.07. The summed E-state index contributed by atoms with van der Waals surface area (Å²) in [4.78, 5) is 41.1. The molecule has 1 aliphatic heterocycles. The Kier molecular flexibility index (Phi) is 6.67. The van der Waals surface area contributed by atoms with E-state index in [4.69, 9.17) is 4.74 Å². The third-order valence-corrected chi connectivity index (χ3v) is 5.81. The van der Waals surface area contributed by atoms with E-state index < -0.39 is 24.3 Å². The van der Waals surface area contributed by atoms with E-state index in [1.807, 2.05) is 30.3 Å². The average Bonchev–Trinajstić information content (AvgIpc) is 2.85. The van der Waals surface area contributed by atoms with Crippen molar-refractivity contribution < 1.29 is 19.1 Å². The van der Waals surface area contributed by atoms with Gasteiger partial charge in [-0.2, -0.15) is 5.11 Å². The molecule has 1 heterocycles. The fourth-order valence-electron chi connectivity index (χ4n) is 4.13. The summed E-state index contributed by atoms with van der Waals surface area (Å²) in [6.45, 7) is 7.49. The lowest BCUT2D eigenvalue weighted by atomic mass is 9.93. The summed E-state index contributed by atoms with van der Waals surface area (Å²) in [6.07, 6.45) is 0. The van der Waals surface area contributed by atoms with E-state index in [1.54, 1.807) is 31.2 Å². The minimum absolute atomic E-state index is 0.174. The third-order valence-electron chi connectivity index (χ3n) is 5.81. The van der Waals surface area contributed by atoms with Crippen LogP contribution in [0, 0.1) is 0 Å². The number of nitrogens with zero attached hydrogens (tertiary/aromatic N) is 4. The monoisotopic (exact) mass is 458 g/mol. The van der Waals surface area contributed by atoms with Gasteiger partial charge in [-0.05, 0) is 63.2 Å². The van der Waals surface area contributed by atoms with Gasteiger partial charge in [0, 0.05) is 40.7 Å². The van der Waals surface area contributed by atoms with Crippen LogP contribution in [0.4, 0.5) is 17.1 Å². The van der Waals surface area contributed by atoms with Crippen LogP contribution in [-0.2, 0) is 9.53 Å². The number of carbonyl (C=O) groups is 3. The van der Waals surface area contributed by atoms with Crippen LogP contribution in [0.1, 0.15) is 41.5 Å². The van der Waals surface area contributed by atoms with Crippen molar-refractivity contribution in [3.05, 3.63) is 65.7 Å². The van der Waals surface area contributed by atoms with E-state index in [0.717, 1.165) is 23.7 Å². The molecule has 174 valence electrons. The Balaban J connectivity index is 1.66. The second kappa shape index (κ2) is 9.82. The molecule has 0 bridgehead atoms. The van der Waals surface area contributed by atoms with Gasteiger partial charge in [-0.15, -0.1) is 5.11 Å². The normalized spacial score (nSPS) is 13.1. The van der Waals surface area contributed by atoms with Gasteiger partial charge in [-0.3, -0.25) is 19.3 Å². The van der Waals surface area contributed by atoms with Gasteiger partial charge in [0.2, 0.25) is 0 Å². The lowest BCUT2D eigenvalue weighted by Gasteiger charge is -2.26. The highest BCUT2D eigenvalue weighted by Gasteiger charge is 2.34. The summed E-state index contributed by atoms with van der Waals surface area (Å²) < 4.78 is 4.91. The zero-order chi connectivity index (χ0) is 24.2. The topological polar surface area (TPSA) is 91.6 Å². The number of anilines is 1. The number of carbonyl (C=O) groups excluding carboxylic acids is 3. The van der Waals surface area contributed by atoms with E-state index in [-0.39, 0.29) is 6.61 Å². The number of hydrogen-bond donors (Lipinski definition) is 0. The number of benzene rings is 3. The fraction of sp³-hybridized carbons (Fsp3) is 0.269. The molecule has 0 unspecified atom stereocenters. The molecule has 4 rings (SSSR count). The van der Waals surface area contributed by atoms with Gasteiger partial charge in [-0.1, -0.05) is 12.1 Å². The Labute approximate surface area is 197 Å². The second-order valence-corrected chi connectivity index (χ2v) is 7.75. The third kappa shape index (κ3) is 4.26. The van der Waals surface area contributed by atoms with Crippen molar-refractivity contribution >= 4 is 45.6 Å². The zero-order valence-corrected chi connectivity index (χ0v) is 19.4. The first-order valence-corrected chi connectivity index (χ1v) is 11.3. The van der Waals surface area contributed by atoms with E-state index >= 15 is 0 Å². The van der Waals surface area contributed by atoms with Crippen molar-refractivity contribution in [1.82, 2.24) is 4.90 Å². The molecular formula is C26H26N4O4. The lowest BCUT2D eigenvalue weighted by Crippen LogP contribution is -2.43. The maximum Gasteiger partial charge on any atom is 0.326 e. The van der Waals surface area contributed by atoms with E-state index in [1.165, 1.54) is 0 Å². The zero-order valence-electron chi connectivity index (χ0n) is 19.4. The summed E-state index contributed by atoms with van der Waals surface area (Å²) in [7, 11) is 0. The predicted octanol–water partition coefficient (Wildman–Crippen LogP) is 5.26. The van der Waals surface area contributed by atoms with Gasteiger partial charge >= 0.3 is 5.97 Å². The summed E-state index contributed by atoms with van der Waals surface area (Å²) in [5.41, 5.74) is 3.06. The average molecular weight is 459 g/mol. The first-order valence-electron chi connectivity index (χ1n) is 11.3. The maximum absolute atomic E-state index is 13.0. The number of imide groups is 1. The van der Waals surface area contributed by atoms with Gasteiger partial charge in [0.05, 0.1) is 18.0 Å². The van der Waals surface area contributed by atoms with E-state index in [9.17, 15) is 14.4 Å². The molecule has 2 amide bonds. The van der Waals surface area contributed by atoms with E-state index in [2.05, 4.69) is 29.0 Å². The molecule has 3 aromatic carbocycles. The van der Waals surface area contributed by atoms with Gasteiger partial charge in [0.25, 0.3) is 11.8 Å². The van der Waals surface area contributed by atoms with Crippen molar-refractivity contribution in [2.45, 2.75) is 20.8 Å². The highest BCUT2D eigenvalue weighted by atomic mass is 16.5. The molecular weight excluding hydrogens is 432 g/mol. The first kappa shape index (κ1) is 23.1. The Morgan fingerprint density at radius 2 is 1.56 bits per heavy atom. The summed E-state index contributed by atoms with van der Waals surface area (Å²) >= 11 is 0. The number of azo groups is 1. The van der Waals surface area contributed by atoms with Crippen LogP contribution in [-0.4, -0.2) is 48.9 Å². The quantitative estimate of drug-likeness (QED) is 0.261. The van der Waals surface area contributed by atoms with Crippen LogP contribution in [0.5, 0.6) is 0 Å². The van der Waals surface area contributed by atoms with Crippen molar-refractivity contribution in [3.63, 3.8) is 0 Å². The summed E-state index contributed by atoms with van der Waals surface area (Å²) in [6, 6.07) is 16.3. The Bertz CT molecular complexity index is 1260. The number of esters is 1. The highest BCUT2D eigenvalue weighted by molar-refractivity contribution is 6.27. The molecule has 8 nitrogen and oxygen atoms in total. The van der Waals surface area contributed by atoms with Gasteiger partial charge in [0.1, 0.15) is 6.54 Å². The molecule has 0 N–H and O–H groups in total. The van der Waals surface area contributed by atoms with Crippen LogP contribution in [0.3, 0.4) is 0 Å². The van der Waals surface area contributed by atoms with Gasteiger partial charge < -0.3 is 9.64 Å². The molecule has 3 aromatic rings. The van der Waals surface area contributed by atoms with Crippen LogP contribution in [0.25, 0.3) is 10.8 Å². The first-order chi connectivity index (χ1) is 16.5. The molecule has 1 aliphatic rings. The molecule has 0 aliphatic carbocycles. The smallest absolute Gasteiger partial charge is 0.326 e. The number of hydrogen-bond acceptors (Lipinski definition) is 7. The SMILES string of the molecule is CCOC(=O)CN1C(=O)c2cccc3c(N=Nc4ccc(N(CC)CC)cc4)ccc(c23)C1=O. The molecule has 0 saturated carbocycles.